The molecule has 1 saturated heterocycles. The van der Waals surface area contributed by atoms with E-state index in [0.717, 1.165) is 64.0 Å². The minimum Gasteiger partial charge on any atom is -0.445 e. The van der Waals surface area contributed by atoms with Crippen molar-refractivity contribution < 1.29 is 19.0 Å². The van der Waals surface area contributed by atoms with Crippen molar-refractivity contribution in [1.82, 2.24) is 10.6 Å². The lowest BCUT2D eigenvalue weighted by Crippen LogP contribution is -2.52. The lowest BCUT2D eigenvalue weighted by molar-refractivity contribution is 0.0163. The van der Waals surface area contributed by atoms with Gasteiger partial charge in [-0.2, -0.15) is 0 Å². The molecule has 0 radical (unpaired) electrons. The van der Waals surface area contributed by atoms with Gasteiger partial charge < -0.3 is 24.8 Å². The second-order valence-electron chi connectivity index (χ2n) is 7.09. The Morgan fingerprint density at radius 3 is 2.81 bits per heavy atom. The van der Waals surface area contributed by atoms with Gasteiger partial charge in [-0.15, -0.1) is 0 Å². The number of carbonyl (C=O) groups is 1. The molecule has 2 aliphatic rings. The van der Waals surface area contributed by atoms with Crippen LogP contribution in [-0.4, -0.2) is 50.6 Å². The maximum Gasteiger partial charge on any atom is 0.407 e. The Balaban J connectivity index is 1.14. The predicted molar refractivity (Wildman–Crippen MR) is 99.0 cm³/mol. The molecular formula is C20H30N2O4. The third-order valence-corrected chi connectivity index (χ3v) is 4.90. The lowest BCUT2D eigenvalue weighted by atomic mass is 9.87. The molecule has 6 nitrogen and oxygen atoms in total. The first-order valence-electron chi connectivity index (χ1n) is 9.69. The maximum atomic E-state index is 11.8. The molecule has 144 valence electrons. The van der Waals surface area contributed by atoms with Crippen molar-refractivity contribution in [3.8, 4) is 0 Å². The number of ether oxygens (including phenoxy) is 3. The summed E-state index contributed by atoms with van der Waals surface area (Å²) in [6.45, 7) is 3.63. The summed E-state index contributed by atoms with van der Waals surface area (Å²) in [7, 11) is 0. The minimum absolute atomic E-state index is 0.214. The van der Waals surface area contributed by atoms with E-state index in [4.69, 9.17) is 14.2 Å². The Morgan fingerprint density at radius 2 is 2.04 bits per heavy atom. The van der Waals surface area contributed by atoms with E-state index in [1.165, 1.54) is 0 Å². The highest BCUT2D eigenvalue weighted by molar-refractivity contribution is 5.67. The van der Waals surface area contributed by atoms with Gasteiger partial charge in [-0.05, 0) is 44.2 Å². The fourth-order valence-electron chi connectivity index (χ4n) is 3.30. The second kappa shape index (κ2) is 10.5. The first-order valence-corrected chi connectivity index (χ1v) is 9.69. The van der Waals surface area contributed by atoms with Crippen LogP contribution < -0.4 is 10.6 Å². The first kappa shape index (κ1) is 19.1. The lowest BCUT2D eigenvalue weighted by Gasteiger charge is -2.36. The summed E-state index contributed by atoms with van der Waals surface area (Å²) >= 11 is 0. The molecule has 6 heteroatoms. The summed E-state index contributed by atoms with van der Waals surface area (Å²) in [5.74, 6) is 0. The SMILES string of the molecule is O=C(NC1CC(NCCCOCC2CCCO2)C1)OCc1ccccc1. The Morgan fingerprint density at radius 1 is 1.19 bits per heavy atom. The fraction of sp³-hybridized carbons (Fsp3) is 0.650. The van der Waals surface area contributed by atoms with Gasteiger partial charge in [0.05, 0.1) is 12.7 Å². The topological polar surface area (TPSA) is 68.8 Å². The zero-order valence-electron chi connectivity index (χ0n) is 15.3. The standard InChI is InChI=1S/C20H30N2O4/c23-20(26-14-16-6-2-1-3-7-16)22-18-12-17(13-18)21-9-5-10-24-15-19-8-4-11-25-19/h1-3,6-7,17-19,21H,4-5,8-15H2,(H,22,23). The van der Waals surface area contributed by atoms with Crippen molar-refractivity contribution in [3.63, 3.8) is 0 Å². The highest BCUT2D eigenvalue weighted by Crippen LogP contribution is 2.20. The van der Waals surface area contributed by atoms with E-state index in [2.05, 4.69) is 10.6 Å². The Labute approximate surface area is 155 Å². The van der Waals surface area contributed by atoms with Crippen molar-refractivity contribution in [2.24, 2.45) is 0 Å². The molecule has 0 bridgehead atoms. The van der Waals surface area contributed by atoms with Gasteiger partial charge in [0.15, 0.2) is 0 Å². The largest absolute Gasteiger partial charge is 0.445 e. The van der Waals surface area contributed by atoms with Gasteiger partial charge in [0.2, 0.25) is 0 Å². The maximum absolute atomic E-state index is 11.8. The van der Waals surface area contributed by atoms with E-state index in [9.17, 15) is 4.79 Å². The van der Waals surface area contributed by atoms with E-state index in [-0.39, 0.29) is 12.1 Å². The molecule has 1 unspecified atom stereocenters. The molecule has 1 amide bonds. The van der Waals surface area contributed by atoms with Crippen molar-refractivity contribution in [1.29, 1.82) is 0 Å². The van der Waals surface area contributed by atoms with Gasteiger partial charge in [0, 0.05) is 25.3 Å². The molecule has 1 heterocycles. The molecule has 0 spiro atoms. The number of alkyl carbamates (subject to hydrolysis) is 1. The fourth-order valence-corrected chi connectivity index (χ4v) is 3.30. The van der Waals surface area contributed by atoms with Crippen LogP contribution in [-0.2, 0) is 20.8 Å². The van der Waals surface area contributed by atoms with Gasteiger partial charge in [0.25, 0.3) is 0 Å². The molecule has 1 aromatic rings. The Kier molecular flexibility index (Phi) is 7.73. The molecular weight excluding hydrogens is 332 g/mol. The Hall–Kier alpha value is -1.63. The van der Waals surface area contributed by atoms with Crippen LogP contribution in [0, 0.1) is 0 Å². The molecule has 0 aromatic heterocycles. The van der Waals surface area contributed by atoms with Crippen molar-refractivity contribution >= 4 is 6.09 Å². The van der Waals surface area contributed by atoms with Crippen LogP contribution in [0.5, 0.6) is 0 Å². The summed E-state index contributed by atoms with van der Waals surface area (Å²) in [6.07, 6.45) is 5.17. The van der Waals surface area contributed by atoms with Crippen molar-refractivity contribution in [2.45, 2.75) is 56.9 Å². The van der Waals surface area contributed by atoms with Crippen LogP contribution in [0.25, 0.3) is 0 Å². The number of hydrogen-bond donors (Lipinski definition) is 2. The van der Waals surface area contributed by atoms with Gasteiger partial charge in [0.1, 0.15) is 6.61 Å². The van der Waals surface area contributed by atoms with E-state index < -0.39 is 0 Å². The average molecular weight is 362 g/mol. The monoisotopic (exact) mass is 362 g/mol. The third-order valence-electron chi connectivity index (χ3n) is 4.90. The number of rotatable bonds is 10. The summed E-state index contributed by atoms with van der Waals surface area (Å²) in [4.78, 5) is 11.8. The highest BCUT2D eigenvalue weighted by Gasteiger charge is 2.30. The van der Waals surface area contributed by atoms with Crippen LogP contribution in [0.3, 0.4) is 0 Å². The van der Waals surface area contributed by atoms with Crippen molar-refractivity contribution in [2.75, 3.05) is 26.4 Å². The number of benzene rings is 1. The van der Waals surface area contributed by atoms with Crippen molar-refractivity contribution in [3.05, 3.63) is 35.9 Å². The van der Waals surface area contributed by atoms with Crippen LogP contribution in [0.4, 0.5) is 4.79 Å². The quantitative estimate of drug-likeness (QED) is 0.626. The molecule has 2 fully saturated rings. The number of amides is 1. The number of carbonyl (C=O) groups excluding carboxylic acids is 1. The second-order valence-corrected chi connectivity index (χ2v) is 7.09. The number of hydrogen-bond acceptors (Lipinski definition) is 5. The summed E-state index contributed by atoms with van der Waals surface area (Å²) in [6, 6.07) is 10.4. The normalized spacial score (nSPS) is 24.8. The van der Waals surface area contributed by atoms with Gasteiger partial charge in [-0.1, -0.05) is 30.3 Å². The van der Waals surface area contributed by atoms with E-state index in [1.54, 1.807) is 0 Å². The van der Waals surface area contributed by atoms with E-state index >= 15 is 0 Å². The highest BCUT2D eigenvalue weighted by atomic mass is 16.5. The van der Waals surface area contributed by atoms with Gasteiger partial charge in [-0.3, -0.25) is 0 Å². The van der Waals surface area contributed by atoms with E-state index in [1.807, 2.05) is 30.3 Å². The van der Waals surface area contributed by atoms with Crippen LogP contribution in [0.15, 0.2) is 30.3 Å². The molecule has 1 saturated carbocycles. The third kappa shape index (κ3) is 6.59. The summed E-state index contributed by atoms with van der Waals surface area (Å²) in [5.41, 5.74) is 0.998. The van der Waals surface area contributed by atoms with Gasteiger partial charge >= 0.3 is 6.09 Å². The minimum atomic E-state index is -0.333. The summed E-state index contributed by atoms with van der Waals surface area (Å²) in [5, 5.41) is 6.42. The molecule has 2 N–H and O–H groups in total. The van der Waals surface area contributed by atoms with Gasteiger partial charge in [-0.25, -0.2) is 4.79 Å². The van der Waals surface area contributed by atoms with Crippen LogP contribution in [0.2, 0.25) is 0 Å². The molecule has 26 heavy (non-hydrogen) atoms. The number of nitrogens with one attached hydrogen (secondary N) is 2. The smallest absolute Gasteiger partial charge is 0.407 e. The average Bonchev–Trinajstić information content (AvgIpc) is 3.14. The summed E-state index contributed by atoms with van der Waals surface area (Å²) < 4.78 is 16.4. The Bertz CT molecular complexity index is 528. The molecule has 1 atom stereocenters. The first-order chi connectivity index (χ1) is 12.8. The molecule has 1 aromatic carbocycles. The molecule has 1 aliphatic carbocycles. The molecule has 1 aliphatic heterocycles. The zero-order chi connectivity index (χ0) is 18.0. The predicted octanol–water partition coefficient (Wildman–Crippen LogP) is 2.62. The van der Waals surface area contributed by atoms with Crippen LogP contribution in [0.1, 0.15) is 37.7 Å². The van der Waals surface area contributed by atoms with Crippen LogP contribution >= 0.6 is 0 Å². The zero-order valence-corrected chi connectivity index (χ0v) is 15.3. The van der Waals surface area contributed by atoms with E-state index in [0.29, 0.717) is 18.8 Å². The molecule has 3 rings (SSSR count).